The lowest BCUT2D eigenvalue weighted by atomic mass is 10.2. The average Bonchev–Trinajstić information content (AvgIpc) is 2.53. The van der Waals surface area contributed by atoms with Crippen LogP contribution in [0.5, 0.6) is 11.5 Å². The van der Waals surface area contributed by atoms with Crippen LogP contribution in [-0.2, 0) is 0 Å². The van der Waals surface area contributed by atoms with E-state index in [1.54, 1.807) is 19.1 Å². The number of aromatic nitrogens is 2. The monoisotopic (exact) mass is 350 g/mol. The summed E-state index contributed by atoms with van der Waals surface area (Å²) in [5.41, 5.74) is 2.77. The van der Waals surface area contributed by atoms with E-state index in [1.807, 2.05) is 0 Å². The fourth-order valence-electron chi connectivity index (χ4n) is 1.93. The largest absolute Gasteiger partial charge is 0.493 e. The molecule has 0 fully saturated rings. The van der Waals surface area contributed by atoms with Gasteiger partial charge in [0.05, 0.1) is 25.5 Å². The molecule has 8 nitrogen and oxygen atoms in total. The lowest BCUT2D eigenvalue weighted by molar-refractivity contribution is 0.0949. The number of hydrazone groups is 1. The number of carbonyl (C=O) groups excluding carboxylic acids is 1. The number of halogens is 1. The first-order valence-corrected chi connectivity index (χ1v) is 7.15. The predicted octanol–water partition coefficient (Wildman–Crippen LogP) is 1.51. The van der Waals surface area contributed by atoms with Crippen molar-refractivity contribution in [1.82, 2.24) is 15.4 Å². The van der Waals surface area contributed by atoms with Crippen molar-refractivity contribution in [3.63, 3.8) is 0 Å². The van der Waals surface area contributed by atoms with E-state index < -0.39 is 11.6 Å². The molecule has 0 bridgehead atoms. The van der Waals surface area contributed by atoms with Crippen molar-refractivity contribution in [2.24, 2.45) is 5.10 Å². The van der Waals surface area contributed by atoms with E-state index in [0.29, 0.717) is 27.8 Å². The summed E-state index contributed by atoms with van der Waals surface area (Å²) in [7, 11) is 2.96. The number of rotatable bonds is 5. The Labute approximate surface area is 142 Å². The maximum absolute atomic E-state index is 11.9. The van der Waals surface area contributed by atoms with Gasteiger partial charge in [-0.05, 0) is 30.7 Å². The lowest BCUT2D eigenvalue weighted by Gasteiger charge is -2.09. The van der Waals surface area contributed by atoms with Gasteiger partial charge in [-0.15, -0.1) is 0 Å². The molecule has 2 N–H and O–H groups in total. The van der Waals surface area contributed by atoms with Crippen LogP contribution in [0.1, 0.15) is 21.7 Å². The average molecular weight is 351 g/mol. The Kier molecular flexibility index (Phi) is 5.54. The van der Waals surface area contributed by atoms with Crippen LogP contribution in [0.15, 0.2) is 28.1 Å². The lowest BCUT2D eigenvalue weighted by Crippen LogP contribution is -2.24. The number of ether oxygens (including phenoxy) is 2. The van der Waals surface area contributed by atoms with Crippen LogP contribution >= 0.6 is 11.6 Å². The standard InChI is InChI=1S/C15H15ClN4O4/c1-8-4-11(19-15(22)18-8)14(21)20-17-7-9-5-10(16)13(24-3)12(6-9)23-2/h4-7H,1-3H3,(H,20,21)(H,18,19,22)/b17-7+. The van der Waals surface area contributed by atoms with Crippen molar-refractivity contribution in [2.45, 2.75) is 6.92 Å². The van der Waals surface area contributed by atoms with Crippen LogP contribution < -0.4 is 20.6 Å². The summed E-state index contributed by atoms with van der Waals surface area (Å²) >= 11 is 6.08. The molecule has 1 aromatic carbocycles. The second kappa shape index (κ2) is 7.60. The van der Waals surface area contributed by atoms with Gasteiger partial charge in [0.2, 0.25) is 0 Å². The normalized spacial score (nSPS) is 10.7. The second-order valence-electron chi connectivity index (χ2n) is 4.69. The summed E-state index contributed by atoms with van der Waals surface area (Å²) in [6, 6.07) is 4.70. The van der Waals surface area contributed by atoms with Crippen LogP contribution in [0.3, 0.4) is 0 Å². The van der Waals surface area contributed by atoms with Gasteiger partial charge >= 0.3 is 5.69 Å². The zero-order valence-corrected chi connectivity index (χ0v) is 14.0. The van der Waals surface area contributed by atoms with Gasteiger partial charge in [-0.3, -0.25) is 4.79 Å². The van der Waals surface area contributed by atoms with E-state index >= 15 is 0 Å². The van der Waals surface area contributed by atoms with E-state index in [9.17, 15) is 9.59 Å². The van der Waals surface area contributed by atoms with Gasteiger partial charge in [0.25, 0.3) is 5.91 Å². The molecular weight excluding hydrogens is 336 g/mol. The van der Waals surface area contributed by atoms with E-state index in [2.05, 4.69) is 20.5 Å². The summed E-state index contributed by atoms with van der Waals surface area (Å²) in [6.45, 7) is 1.65. The molecule has 0 spiro atoms. The van der Waals surface area contributed by atoms with Gasteiger partial charge in [-0.25, -0.2) is 10.2 Å². The maximum Gasteiger partial charge on any atom is 0.345 e. The smallest absolute Gasteiger partial charge is 0.345 e. The Hall–Kier alpha value is -2.87. The van der Waals surface area contributed by atoms with Crippen LogP contribution in [0.4, 0.5) is 0 Å². The molecule has 0 atom stereocenters. The van der Waals surface area contributed by atoms with Gasteiger partial charge in [0.1, 0.15) is 5.69 Å². The van der Waals surface area contributed by atoms with Gasteiger partial charge in [-0.2, -0.15) is 10.1 Å². The first-order chi connectivity index (χ1) is 11.4. The third kappa shape index (κ3) is 4.11. The van der Waals surface area contributed by atoms with Crippen LogP contribution in [0.25, 0.3) is 0 Å². The minimum absolute atomic E-state index is 0.0289. The Morgan fingerprint density at radius 1 is 1.33 bits per heavy atom. The number of amides is 1. The number of H-pyrrole nitrogens is 1. The van der Waals surface area contributed by atoms with E-state index in [-0.39, 0.29) is 5.69 Å². The highest BCUT2D eigenvalue weighted by Crippen LogP contribution is 2.35. The molecule has 2 aromatic rings. The first-order valence-electron chi connectivity index (χ1n) is 6.77. The third-order valence-corrected chi connectivity index (χ3v) is 3.23. The molecule has 2 rings (SSSR count). The summed E-state index contributed by atoms with van der Waals surface area (Å²) in [6.07, 6.45) is 1.38. The zero-order valence-electron chi connectivity index (χ0n) is 13.2. The van der Waals surface area contributed by atoms with Crippen molar-refractivity contribution in [2.75, 3.05) is 14.2 Å². The molecular formula is C15H15ClN4O4. The molecule has 0 aliphatic rings. The molecule has 0 unspecified atom stereocenters. The molecule has 0 saturated carbocycles. The van der Waals surface area contributed by atoms with Crippen molar-refractivity contribution in [3.05, 3.63) is 50.7 Å². The van der Waals surface area contributed by atoms with Gasteiger partial charge < -0.3 is 14.5 Å². The molecule has 0 saturated heterocycles. The number of benzene rings is 1. The number of nitrogens with one attached hydrogen (secondary N) is 2. The highest BCUT2D eigenvalue weighted by Gasteiger charge is 2.10. The predicted molar refractivity (Wildman–Crippen MR) is 89.2 cm³/mol. The fourth-order valence-corrected chi connectivity index (χ4v) is 2.23. The summed E-state index contributed by atoms with van der Waals surface area (Å²) in [5.74, 6) is 0.236. The molecule has 126 valence electrons. The number of carbonyl (C=O) groups is 1. The van der Waals surface area contributed by atoms with Crippen molar-refractivity contribution in [1.29, 1.82) is 0 Å². The highest BCUT2D eigenvalue weighted by atomic mass is 35.5. The minimum Gasteiger partial charge on any atom is -0.493 e. The third-order valence-electron chi connectivity index (χ3n) is 2.95. The van der Waals surface area contributed by atoms with Crippen molar-refractivity contribution in [3.8, 4) is 11.5 Å². The molecule has 9 heteroatoms. The molecule has 0 radical (unpaired) electrons. The van der Waals surface area contributed by atoms with Gasteiger partial charge in [-0.1, -0.05) is 11.6 Å². The summed E-state index contributed by atoms with van der Waals surface area (Å²) < 4.78 is 10.3. The summed E-state index contributed by atoms with van der Waals surface area (Å²) in [5, 5.41) is 4.16. The van der Waals surface area contributed by atoms with Crippen LogP contribution in [0.2, 0.25) is 5.02 Å². The minimum atomic E-state index is -0.605. The Morgan fingerprint density at radius 2 is 2.08 bits per heavy atom. The molecule has 0 aliphatic heterocycles. The number of aryl methyl sites for hydroxylation is 1. The number of methoxy groups -OCH3 is 2. The molecule has 1 heterocycles. The quantitative estimate of drug-likeness (QED) is 0.628. The molecule has 1 amide bonds. The highest BCUT2D eigenvalue weighted by molar-refractivity contribution is 6.32. The molecule has 24 heavy (non-hydrogen) atoms. The maximum atomic E-state index is 11.9. The van der Waals surface area contributed by atoms with E-state index in [4.69, 9.17) is 21.1 Å². The SMILES string of the molecule is COc1cc(/C=N/NC(=O)c2cc(C)[nH]c(=O)n2)cc(Cl)c1OC. The van der Waals surface area contributed by atoms with Crippen LogP contribution in [-0.4, -0.2) is 36.3 Å². The van der Waals surface area contributed by atoms with Gasteiger partial charge in [0.15, 0.2) is 11.5 Å². The molecule has 1 aromatic heterocycles. The Morgan fingerprint density at radius 3 is 2.71 bits per heavy atom. The van der Waals surface area contributed by atoms with Crippen molar-refractivity contribution >= 4 is 23.7 Å². The van der Waals surface area contributed by atoms with Crippen molar-refractivity contribution < 1.29 is 14.3 Å². The number of aromatic amines is 1. The second-order valence-corrected chi connectivity index (χ2v) is 5.10. The Bertz CT molecular complexity index is 848. The Balaban J connectivity index is 2.15. The molecule has 0 aliphatic carbocycles. The fraction of sp³-hybridized carbons (Fsp3) is 0.200. The van der Waals surface area contributed by atoms with Gasteiger partial charge in [0, 0.05) is 5.69 Å². The number of nitrogens with zero attached hydrogens (tertiary/aromatic N) is 2. The topological polar surface area (TPSA) is 106 Å². The van der Waals surface area contributed by atoms with Crippen LogP contribution in [0, 0.1) is 6.92 Å². The zero-order chi connectivity index (χ0) is 17.7. The number of hydrogen-bond donors (Lipinski definition) is 2. The first kappa shape index (κ1) is 17.5. The van der Waals surface area contributed by atoms with E-state index in [1.165, 1.54) is 26.5 Å². The number of hydrogen-bond acceptors (Lipinski definition) is 6. The summed E-state index contributed by atoms with van der Waals surface area (Å²) in [4.78, 5) is 29.2. The van der Waals surface area contributed by atoms with E-state index in [0.717, 1.165) is 0 Å².